The molecule has 0 aromatic carbocycles. The summed E-state index contributed by atoms with van der Waals surface area (Å²) in [6.45, 7) is 13.3. The van der Waals surface area contributed by atoms with Gasteiger partial charge in [-0.25, -0.2) is 0 Å². The molecule has 0 radical (unpaired) electrons. The SMILES string of the molecule is C=CCCCN1CCCC(CNC(C)C)C1. The second-order valence-electron chi connectivity index (χ2n) is 5.30. The summed E-state index contributed by atoms with van der Waals surface area (Å²) in [7, 11) is 0. The van der Waals surface area contributed by atoms with Crippen molar-refractivity contribution in [2.75, 3.05) is 26.2 Å². The van der Waals surface area contributed by atoms with Crippen molar-refractivity contribution in [3.8, 4) is 0 Å². The van der Waals surface area contributed by atoms with E-state index in [0.717, 1.165) is 12.3 Å². The molecule has 0 aliphatic carbocycles. The van der Waals surface area contributed by atoms with Crippen molar-refractivity contribution in [3.63, 3.8) is 0 Å². The van der Waals surface area contributed by atoms with Crippen molar-refractivity contribution < 1.29 is 0 Å². The van der Waals surface area contributed by atoms with Crippen molar-refractivity contribution >= 4 is 0 Å². The van der Waals surface area contributed by atoms with Crippen LogP contribution in [0.2, 0.25) is 0 Å². The van der Waals surface area contributed by atoms with Crippen molar-refractivity contribution in [1.29, 1.82) is 0 Å². The largest absolute Gasteiger partial charge is 0.314 e. The molecule has 1 aliphatic heterocycles. The van der Waals surface area contributed by atoms with E-state index in [2.05, 4.69) is 30.6 Å². The third kappa shape index (κ3) is 5.66. The summed E-state index contributed by atoms with van der Waals surface area (Å²) < 4.78 is 0. The van der Waals surface area contributed by atoms with Gasteiger partial charge < -0.3 is 10.2 Å². The second-order valence-corrected chi connectivity index (χ2v) is 5.30. The Bertz CT molecular complexity index is 189. The third-order valence-electron chi connectivity index (χ3n) is 3.30. The predicted molar refractivity (Wildman–Crippen MR) is 71.7 cm³/mol. The van der Waals surface area contributed by atoms with Gasteiger partial charge in [0.15, 0.2) is 0 Å². The number of piperidine rings is 1. The van der Waals surface area contributed by atoms with E-state index in [9.17, 15) is 0 Å². The fourth-order valence-corrected chi connectivity index (χ4v) is 2.38. The molecule has 1 rings (SSSR count). The molecule has 1 atom stereocenters. The highest BCUT2D eigenvalue weighted by Gasteiger charge is 2.19. The number of nitrogens with zero attached hydrogens (tertiary/aromatic N) is 1. The highest BCUT2D eigenvalue weighted by atomic mass is 15.1. The van der Waals surface area contributed by atoms with Gasteiger partial charge in [0.05, 0.1) is 0 Å². The summed E-state index contributed by atoms with van der Waals surface area (Å²) >= 11 is 0. The minimum atomic E-state index is 0.621. The van der Waals surface area contributed by atoms with E-state index in [4.69, 9.17) is 0 Å². The zero-order valence-corrected chi connectivity index (χ0v) is 11.0. The van der Waals surface area contributed by atoms with Crippen LogP contribution in [0.15, 0.2) is 12.7 Å². The predicted octanol–water partition coefficient (Wildman–Crippen LogP) is 2.66. The number of hydrogen-bond donors (Lipinski definition) is 1. The van der Waals surface area contributed by atoms with E-state index in [1.807, 2.05) is 6.08 Å². The summed E-state index contributed by atoms with van der Waals surface area (Å²) in [4.78, 5) is 2.62. The molecule has 1 heterocycles. The van der Waals surface area contributed by atoms with Crippen LogP contribution in [-0.2, 0) is 0 Å². The van der Waals surface area contributed by atoms with Crippen LogP contribution in [0.3, 0.4) is 0 Å². The summed E-state index contributed by atoms with van der Waals surface area (Å²) in [5.74, 6) is 0.861. The normalized spacial score (nSPS) is 22.6. The molecule has 0 aromatic rings. The maximum atomic E-state index is 3.78. The Labute approximate surface area is 101 Å². The van der Waals surface area contributed by atoms with Crippen LogP contribution in [0.5, 0.6) is 0 Å². The summed E-state index contributed by atoms with van der Waals surface area (Å²) in [6.07, 6.45) is 7.23. The number of hydrogen-bond acceptors (Lipinski definition) is 2. The molecule has 1 unspecified atom stereocenters. The molecule has 2 heteroatoms. The van der Waals surface area contributed by atoms with Gasteiger partial charge in [-0.3, -0.25) is 0 Å². The Morgan fingerprint density at radius 2 is 2.31 bits per heavy atom. The van der Waals surface area contributed by atoms with Gasteiger partial charge >= 0.3 is 0 Å². The molecular formula is C14H28N2. The fourth-order valence-electron chi connectivity index (χ4n) is 2.38. The molecule has 0 bridgehead atoms. The van der Waals surface area contributed by atoms with Gasteiger partial charge in [0.2, 0.25) is 0 Å². The third-order valence-corrected chi connectivity index (χ3v) is 3.30. The lowest BCUT2D eigenvalue weighted by Crippen LogP contribution is -2.41. The molecule has 1 N–H and O–H groups in total. The average molecular weight is 224 g/mol. The van der Waals surface area contributed by atoms with Crippen LogP contribution in [0.4, 0.5) is 0 Å². The van der Waals surface area contributed by atoms with Crippen molar-refractivity contribution in [2.24, 2.45) is 5.92 Å². The zero-order valence-electron chi connectivity index (χ0n) is 11.0. The van der Waals surface area contributed by atoms with Gasteiger partial charge in [-0.1, -0.05) is 19.9 Å². The van der Waals surface area contributed by atoms with Gasteiger partial charge in [0, 0.05) is 12.6 Å². The molecule has 0 amide bonds. The van der Waals surface area contributed by atoms with Crippen LogP contribution in [-0.4, -0.2) is 37.1 Å². The minimum Gasteiger partial charge on any atom is -0.314 e. The van der Waals surface area contributed by atoms with Crippen LogP contribution in [0, 0.1) is 5.92 Å². The molecule has 1 fully saturated rings. The van der Waals surface area contributed by atoms with Gasteiger partial charge in [0.1, 0.15) is 0 Å². The standard InChI is InChI=1S/C14H28N2/c1-4-5-6-9-16-10-7-8-14(12-16)11-15-13(2)3/h4,13-15H,1,5-12H2,2-3H3. The Kier molecular flexibility index (Phi) is 6.74. The van der Waals surface area contributed by atoms with Crippen LogP contribution in [0.1, 0.15) is 39.5 Å². The quantitative estimate of drug-likeness (QED) is 0.528. The van der Waals surface area contributed by atoms with Gasteiger partial charge in [-0.15, -0.1) is 6.58 Å². The van der Waals surface area contributed by atoms with E-state index in [1.165, 1.54) is 45.4 Å². The van der Waals surface area contributed by atoms with Gasteiger partial charge in [0.25, 0.3) is 0 Å². The lowest BCUT2D eigenvalue weighted by Gasteiger charge is -2.33. The minimum absolute atomic E-state index is 0.621. The maximum Gasteiger partial charge on any atom is 0.00218 e. The first kappa shape index (κ1) is 13.7. The fraction of sp³-hybridized carbons (Fsp3) is 0.857. The van der Waals surface area contributed by atoms with Crippen LogP contribution in [0.25, 0.3) is 0 Å². The van der Waals surface area contributed by atoms with Gasteiger partial charge in [-0.05, 0) is 51.2 Å². The van der Waals surface area contributed by atoms with E-state index in [1.54, 1.807) is 0 Å². The molecule has 0 aromatic heterocycles. The highest BCUT2D eigenvalue weighted by molar-refractivity contribution is 4.76. The van der Waals surface area contributed by atoms with Crippen LogP contribution >= 0.6 is 0 Å². The Hall–Kier alpha value is -0.340. The van der Waals surface area contributed by atoms with Crippen LogP contribution < -0.4 is 5.32 Å². The van der Waals surface area contributed by atoms with E-state index >= 15 is 0 Å². The molecule has 1 aliphatic rings. The van der Waals surface area contributed by atoms with E-state index in [-0.39, 0.29) is 0 Å². The van der Waals surface area contributed by atoms with E-state index in [0.29, 0.717) is 6.04 Å². The monoisotopic (exact) mass is 224 g/mol. The number of nitrogens with one attached hydrogen (secondary N) is 1. The zero-order chi connectivity index (χ0) is 11.8. The smallest absolute Gasteiger partial charge is 0.00218 e. The molecule has 1 saturated heterocycles. The summed E-state index contributed by atoms with van der Waals surface area (Å²) in [5, 5.41) is 3.56. The van der Waals surface area contributed by atoms with Crippen molar-refractivity contribution in [3.05, 3.63) is 12.7 Å². The topological polar surface area (TPSA) is 15.3 Å². The second kappa shape index (κ2) is 7.86. The Morgan fingerprint density at radius 1 is 1.50 bits per heavy atom. The number of allylic oxidation sites excluding steroid dienone is 1. The van der Waals surface area contributed by atoms with Crippen molar-refractivity contribution in [2.45, 2.75) is 45.6 Å². The summed E-state index contributed by atoms with van der Waals surface area (Å²) in [5.41, 5.74) is 0. The average Bonchev–Trinajstić information content (AvgIpc) is 2.27. The molecular weight excluding hydrogens is 196 g/mol. The Morgan fingerprint density at radius 3 is 3.00 bits per heavy atom. The van der Waals surface area contributed by atoms with Gasteiger partial charge in [-0.2, -0.15) is 0 Å². The number of rotatable bonds is 7. The maximum absolute atomic E-state index is 3.78. The molecule has 94 valence electrons. The first-order valence-electron chi connectivity index (χ1n) is 6.79. The number of likely N-dealkylation sites (tertiary alicyclic amines) is 1. The lowest BCUT2D eigenvalue weighted by molar-refractivity contribution is 0.169. The first-order valence-corrected chi connectivity index (χ1v) is 6.79. The highest BCUT2D eigenvalue weighted by Crippen LogP contribution is 2.16. The first-order chi connectivity index (χ1) is 7.72. The molecule has 0 saturated carbocycles. The van der Waals surface area contributed by atoms with E-state index < -0.39 is 0 Å². The molecule has 0 spiro atoms. The lowest BCUT2D eigenvalue weighted by atomic mass is 9.97. The number of unbranched alkanes of at least 4 members (excludes halogenated alkanes) is 1. The molecule has 16 heavy (non-hydrogen) atoms. The summed E-state index contributed by atoms with van der Waals surface area (Å²) in [6, 6.07) is 0.621. The molecule has 2 nitrogen and oxygen atoms in total. The Balaban J connectivity index is 2.16. The van der Waals surface area contributed by atoms with Crippen molar-refractivity contribution in [1.82, 2.24) is 10.2 Å².